The van der Waals surface area contributed by atoms with Gasteiger partial charge in [-0.15, -0.1) is 0 Å². The fourth-order valence-electron chi connectivity index (χ4n) is 1.82. The minimum atomic E-state index is 0.542. The van der Waals surface area contributed by atoms with Crippen LogP contribution in [0.15, 0.2) is 36.4 Å². The number of fused-ring (bicyclic) bond motifs is 1. The lowest BCUT2D eigenvalue weighted by atomic mass is 9.96. The highest BCUT2D eigenvalue weighted by Gasteiger charge is 2.04. The number of rotatable bonds is 1. The SMILES string of the molecule is CC.CC(C)c1cccc2ccc(N)cc12. The molecule has 0 aliphatic rings. The van der Waals surface area contributed by atoms with E-state index in [9.17, 15) is 0 Å². The molecule has 0 aromatic heterocycles. The van der Waals surface area contributed by atoms with Gasteiger partial charge in [0.25, 0.3) is 0 Å². The van der Waals surface area contributed by atoms with Gasteiger partial charge in [0.15, 0.2) is 0 Å². The van der Waals surface area contributed by atoms with Crippen LogP contribution in [0.1, 0.15) is 39.2 Å². The first-order valence-corrected chi connectivity index (χ1v) is 5.96. The van der Waals surface area contributed by atoms with E-state index < -0.39 is 0 Å². The Bertz CT molecular complexity index is 458. The maximum atomic E-state index is 5.79. The largest absolute Gasteiger partial charge is 0.399 e. The minimum absolute atomic E-state index is 0.542. The van der Waals surface area contributed by atoms with Crippen LogP contribution in [0, 0.1) is 0 Å². The second-order valence-corrected chi connectivity index (χ2v) is 3.98. The summed E-state index contributed by atoms with van der Waals surface area (Å²) in [6.45, 7) is 8.41. The summed E-state index contributed by atoms with van der Waals surface area (Å²) in [5.74, 6) is 0.542. The molecule has 0 saturated carbocycles. The third-order valence-electron chi connectivity index (χ3n) is 2.56. The molecule has 2 N–H and O–H groups in total. The van der Waals surface area contributed by atoms with Gasteiger partial charge in [-0.3, -0.25) is 0 Å². The third-order valence-corrected chi connectivity index (χ3v) is 2.56. The van der Waals surface area contributed by atoms with Crippen molar-refractivity contribution < 1.29 is 0 Å². The predicted molar refractivity (Wildman–Crippen MR) is 73.8 cm³/mol. The van der Waals surface area contributed by atoms with E-state index >= 15 is 0 Å². The van der Waals surface area contributed by atoms with E-state index in [1.807, 2.05) is 19.9 Å². The molecule has 0 spiro atoms. The number of nitrogens with two attached hydrogens (primary N) is 1. The molecular formula is C15H21N. The van der Waals surface area contributed by atoms with Crippen LogP contribution < -0.4 is 5.73 Å². The molecule has 2 aromatic rings. The van der Waals surface area contributed by atoms with Crippen molar-refractivity contribution in [3.63, 3.8) is 0 Å². The van der Waals surface area contributed by atoms with Crippen molar-refractivity contribution in [2.45, 2.75) is 33.6 Å². The normalized spacial score (nSPS) is 10.1. The summed E-state index contributed by atoms with van der Waals surface area (Å²) in [7, 11) is 0. The number of hydrogen-bond donors (Lipinski definition) is 1. The van der Waals surface area contributed by atoms with Crippen LogP contribution in [-0.2, 0) is 0 Å². The fourth-order valence-corrected chi connectivity index (χ4v) is 1.82. The molecule has 0 atom stereocenters. The van der Waals surface area contributed by atoms with Gasteiger partial charge >= 0.3 is 0 Å². The molecular weight excluding hydrogens is 194 g/mol. The molecule has 0 bridgehead atoms. The Balaban J connectivity index is 0.000000606. The molecule has 1 nitrogen and oxygen atoms in total. The summed E-state index contributed by atoms with van der Waals surface area (Å²) < 4.78 is 0. The Morgan fingerprint density at radius 3 is 2.31 bits per heavy atom. The zero-order valence-electron chi connectivity index (χ0n) is 10.6. The van der Waals surface area contributed by atoms with E-state index in [1.165, 1.54) is 16.3 Å². The Morgan fingerprint density at radius 1 is 1.00 bits per heavy atom. The number of benzene rings is 2. The van der Waals surface area contributed by atoms with Crippen molar-refractivity contribution in [1.82, 2.24) is 0 Å². The molecule has 16 heavy (non-hydrogen) atoms. The average Bonchev–Trinajstić information content (AvgIpc) is 2.30. The summed E-state index contributed by atoms with van der Waals surface area (Å²) in [5.41, 5.74) is 8.00. The average molecular weight is 215 g/mol. The lowest BCUT2D eigenvalue weighted by molar-refractivity contribution is 0.876. The van der Waals surface area contributed by atoms with Gasteiger partial charge < -0.3 is 5.73 Å². The van der Waals surface area contributed by atoms with Crippen LogP contribution in [0.5, 0.6) is 0 Å². The van der Waals surface area contributed by atoms with E-state index in [0.717, 1.165) is 5.69 Å². The standard InChI is InChI=1S/C13H15N.C2H6/c1-9(2)12-5-3-4-10-6-7-11(14)8-13(10)12;1-2/h3-9H,14H2,1-2H3;1-2H3. The Morgan fingerprint density at radius 2 is 1.69 bits per heavy atom. The first-order valence-electron chi connectivity index (χ1n) is 5.96. The maximum absolute atomic E-state index is 5.79. The Hall–Kier alpha value is -1.50. The van der Waals surface area contributed by atoms with Gasteiger partial charge in [-0.2, -0.15) is 0 Å². The maximum Gasteiger partial charge on any atom is 0.0320 e. The second-order valence-electron chi connectivity index (χ2n) is 3.98. The van der Waals surface area contributed by atoms with Crippen LogP contribution in [0.2, 0.25) is 0 Å². The smallest absolute Gasteiger partial charge is 0.0320 e. The van der Waals surface area contributed by atoms with Crippen LogP contribution >= 0.6 is 0 Å². The molecule has 0 amide bonds. The van der Waals surface area contributed by atoms with E-state index in [1.54, 1.807) is 0 Å². The highest BCUT2D eigenvalue weighted by molar-refractivity contribution is 5.88. The highest BCUT2D eigenvalue weighted by atomic mass is 14.5. The Labute approximate surface area is 98.3 Å². The fraction of sp³-hybridized carbons (Fsp3) is 0.333. The van der Waals surface area contributed by atoms with Crippen molar-refractivity contribution in [2.24, 2.45) is 0 Å². The first kappa shape index (κ1) is 12.6. The topological polar surface area (TPSA) is 26.0 Å². The van der Waals surface area contributed by atoms with Gasteiger partial charge in [-0.25, -0.2) is 0 Å². The van der Waals surface area contributed by atoms with Crippen LogP contribution in [0.25, 0.3) is 10.8 Å². The lowest BCUT2D eigenvalue weighted by Crippen LogP contribution is -1.91. The molecule has 0 aliphatic heterocycles. The lowest BCUT2D eigenvalue weighted by Gasteiger charge is -2.10. The zero-order chi connectivity index (χ0) is 12.1. The predicted octanol–water partition coefficient (Wildman–Crippen LogP) is 4.57. The van der Waals surface area contributed by atoms with Crippen LogP contribution in [-0.4, -0.2) is 0 Å². The van der Waals surface area contributed by atoms with E-state index in [-0.39, 0.29) is 0 Å². The molecule has 0 fully saturated rings. The molecule has 86 valence electrons. The molecule has 2 aromatic carbocycles. The summed E-state index contributed by atoms with van der Waals surface area (Å²) in [5, 5.41) is 2.55. The molecule has 2 rings (SSSR count). The van der Waals surface area contributed by atoms with Crippen molar-refractivity contribution in [3.05, 3.63) is 42.0 Å². The summed E-state index contributed by atoms with van der Waals surface area (Å²) >= 11 is 0. The van der Waals surface area contributed by atoms with Gasteiger partial charge in [0, 0.05) is 5.69 Å². The van der Waals surface area contributed by atoms with Crippen LogP contribution in [0.3, 0.4) is 0 Å². The third kappa shape index (κ3) is 2.54. The molecule has 0 saturated heterocycles. The molecule has 0 heterocycles. The second kappa shape index (κ2) is 5.55. The first-order chi connectivity index (χ1) is 7.68. The highest BCUT2D eigenvalue weighted by Crippen LogP contribution is 2.26. The molecule has 1 heteroatoms. The molecule has 0 radical (unpaired) electrons. The number of nitrogen functional groups attached to an aromatic ring is 1. The molecule has 0 aliphatic carbocycles. The van der Waals surface area contributed by atoms with Crippen LogP contribution in [0.4, 0.5) is 5.69 Å². The van der Waals surface area contributed by atoms with Gasteiger partial charge in [-0.1, -0.05) is 52.0 Å². The minimum Gasteiger partial charge on any atom is -0.399 e. The quantitative estimate of drug-likeness (QED) is 0.693. The van der Waals surface area contributed by atoms with Crippen molar-refractivity contribution >= 4 is 16.5 Å². The number of hydrogen-bond acceptors (Lipinski definition) is 1. The zero-order valence-corrected chi connectivity index (χ0v) is 10.6. The van der Waals surface area contributed by atoms with E-state index in [2.05, 4.69) is 44.2 Å². The van der Waals surface area contributed by atoms with Gasteiger partial charge in [0.2, 0.25) is 0 Å². The number of anilines is 1. The van der Waals surface area contributed by atoms with Gasteiger partial charge in [0.05, 0.1) is 0 Å². The van der Waals surface area contributed by atoms with Crippen molar-refractivity contribution in [3.8, 4) is 0 Å². The van der Waals surface area contributed by atoms with Gasteiger partial charge in [0.1, 0.15) is 0 Å². The summed E-state index contributed by atoms with van der Waals surface area (Å²) in [4.78, 5) is 0. The monoisotopic (exact) mass is 215 g/mol. The Kier molecular flexibility index (Phi) is 4.36. The summed E-state index contributed by atoms with van der Waals surface area (Å²) in [6.07, 6.45) is 0. The van der Waals surface area contributed by atoms with E-state index in [0.29, 0.717) is 5.92 Å². The molecule has 0 unspecified atom stereocenters. The van der Waals surface area contributed by atoms with Gasteiger partial charge in [-0.05, 0) is 34.4 Å². The summed E-state index contributed by atoms with van der Waals surface area (Å²) in [6, 6.07) is 12.5. The van der Waals surface area contributed by atoms with Crippen molar-refractivity contribution in [2.75, 3.05) is 5.73 Å². The van der Waals surface area contributed by atoms with Crippen molar-refractivity contribution in [1.29, 1.82) is 0 Å². The van der Waals surface area contributed by atoms with E-state index in [4.69, 9.17) is 5.73 Å².